The highest BCUT2D eigenvalue weighted by Gasteiger charge is 2.35. The topological polar surface area (TPSA) is 32.3 Å². The second-order valence-corrected chi connectivity index (χ2v) is 5.31. The lowest BCUT2D eigenvalue weighted by atomic mass is 9.88. The smallest absolute Gasteiger partial charge is 0.248 e. The molecule has 2 nitrogen and oxygen atoms in total. The van der Waals surface area contributed by atoms with E-state index in [0.29, 0.717) is 18.9 Å². The highest BCUT2D eigenvalue weighted by molar-refractivity contribution is 4.86. The predicted octanol–water partition coefficient (Wildman–Crippen LogP) is 2.46. The van der Waals surface area contributed by atoms with Gasteiger partial charge in [-0.2, -0.15) is 0 Å². The van der Waals surface area contributed by atoms with Gasteiger partial charge in [0.2, 0.25) is 5.92 Å². The summed E-state index contributed by atoms with van der Waals surface area (Å²) in [5.41, 5.74) is 0. The van der Waals surface area contributed by atoms with Crippen LogP contribution >= 0.6 is 0 Å². The molecule has 2 aliphatic rings. The lowest BCUT2D eigenvalue weighted by molar-refractivity contribution is -0.0422. The van der Waals surface area contributed by atoms with Crippen LogP contribution in [0.4, 0.5) is 8.78 Å². The van der Waals surface area contributed by atoms with Crippen molar-refractivity contribution in [3.8, 4) is 0 Å². The normalized spacial score (nSPS) is 36.2. The van der Waals surface area contributed by atoms with Crippen molar-refractivity contribution >= 4 is 0 Å². The first-order valence-electron chi connectivity index (χ1n) is 6.37. The molecule has 0 aromatic rings. The zero-order valence-electron chi connectivity index (χ0n) is 9.59. The Morgan fingerprint density at radius 2 is 1.69 bits per heavy atom. The maximum atomic E-state index is 13.0. The standard InChI is InChI=1S/C12H21F2NO/c13-12(14)6-4-9(5-7-12)15-10-2-1-3-11(16)8-10/h9-11,15-16H,1-8H2. The van der Waals surface area contributed by atoms with Crippen LogP contribution in [0.25, 0.3) is 0 Å². The fourth-order valence-corrected chi connectivity index (χ4v) is 2.86. The van der Waals surface area contributed by atoms with Gasteiger partial charge in [-0.25, -0.2) is 8.78 Å². The second kappa shape index (κ2) is 4.96. The van der Waals surface area contributed by atoms with E-state index in [9.17, 15) is 13.9 Å². The van der Waals surface area contributed by atoms with Crippen molar-refractivity contribution in [3.63, 3.8) is 0 Å². The van der Waals surface area contributed by atoms with Crippen molar-refractivity contribution in [1.29, 1.82) is 0 Å². The summed E-state index contributed by atoms with van der Waals surface area (Å²) in [7, 11) is 0. The molecule has 2 rings (SSSR count). The van der Waals surface area contributed by atoms with E-state index in [1.165, 1.54) is 0 Å². The molecule has 2 unspecified atom stereocenters. The summed E-state index contributed by atoms with van der Waals surface area (Å²) in [6, 6.07) is 0.565. The van der Waals surface area contributed by atoms with Crippen molar-refractivity contribution in [2.24, 2.45) is 0 Å². The van der Waals surface area contributed by atoms with E-state index in [1.807, 2.05) is 0 Å². The molecule has 94 valence electrons. The minimum Gasteiger partial charge on any atom is -0.393 e. The number of rotatable bonds is 2. The number of aliphatic hydroxyl groups excluding tert-OH is 1. The molecule has 16 heavy (non-hydrogen) atoms. The molecular formula is C12H21F2NO. The van der Waals surface area contributed by atoms with Gasteiger partial charge in [0.25, 0.3) is 0 Å². The Morgan fingerprint density at radius 3 is 2.31 bits per heavy atom. The highest BCUT2D eigenvalue weighted by atomic mass is 19.3. The molecule has 0 radical (unpaired) electrons. The van der Waals surface area contributed by atoms with Crippen molar-refractivity contribution in [2.75, 3.05) is 0 Å². The molecule has 2 saturated carbocycles. The summed E-state index contributed by atoms with van der Waals surface area (Å²) in [5.74, 6) is -2.44. The van der Waals surface area contributed by atoms with E-state index >= 15 is 0 Å². The van der Waals surface area contributed by atoms with Gasteiger partial charge in [0.1, 0.15) is 0 Å². The summed E-state index contributed by atoms with van der Waals surface area (Å²) < 4.78 is 25.9. The Morgan fingerprint density at radius 1 is 1.00 bits per heavy atom. The van der Waals surface area contributed by atoms with Gasteiger partial charge >= 0.3 is 0 Å². The summed E-state index contributed by atoms with van der Waals surface area (Å²) in [6.07, 6.45) is 4.76. The molecule has 0 saturated heterocycles. The predicted molar refractivity (Wildman–Crippen MR) is 58.6 cm³/mol. The van der Waals surface area contributed by atoms with E-state index < -0.39 is 5.92 Å². The first-order chi connectivity index (χ1) is 7.55. The molecule has 0 aliphatic heterocycles. The average molecular weight is 233 g/mol. The molecule has 2 aliphatic carbocycles. The SMILES string of the molecule is OC1CCCC(NC2CCC(F)(F)CC2)C1. The Balaban J connectivity index is 1.74. The number of aliphatic hydroxyl groups is 1. The first-order valence-corrected chi connectivity index (χ1v) is 6.37. The molecule has 0 aromatic heterocycles. The van der Waals surface area contributed by atoms with E-state index in [2.05, 4.69) is 5.32 Å². The average Bonchev–Trinajstić information content (AvgIpc) is 2.21. The Labute approximate surface area is 95.4 Å². The van der Waals surface area contributed by atoms with Crippen LogP contribution in [0.5, 0.6) is 0 Å². The lowest BCUT2D eigenvalue weighted by Gasteiger charge is -2.34. The maximum Gasteiger partial charge on any atom is 0.248 e. The Kier molecular flexibility index (Phi) is 3.80. The Bertz CT molecular complexity index is 225. The van der Waals surface area contributed by atoms with Crippen LogP contribution in [-0.4, -0.2) is 29.2 Å². The number of halogens is 2. The minimum absolute atomic E-state index is 0.0138. The quantitative estimate of drug-likeness (QED) is 0.768. The van der Waals surface area contributed by atoms with Crippen molar-refractivity contribution in [2.45, 2.75) is 75.5 Å². The van der Waals surface area contributed by atoms with Gasteiger partial charge < -0.3 is 10.4 Å². The van der Waals surface area contributed by atoms with E-state index in [0.717, 1.165) is 25.7 Å². The van der Waals surface area contributed by atoms with Crippen molar-refractivity contribution in [1.82, 2.24) is 5.32 Å². The number of alkyl halides is 2. The van der Waals surface area contributed by atoms with Gasteiger partial charge in [0, 0.05) is 24.9 Å². The monoisotopic (exact) mass is 233 g/mol. The fourth-order valence-electron chi connectivity index (χ4n) is 2.86. The van der Waals surface area contributed by atoms with Gasteiger partial charge in [-0.1, -0.05) is 0 Å². The van der Waals surface area contributed by atoms with Crippen LogP contribution in [0, 0.1) is 0 Å². The van der Waals surface area contributed by atoms with Gasteiger partial charge in [0.05, 0.1) is 6.10 Å². The minimum atomic E-state index is -2.44. The van der Waals surface area contributed by atoms with Crippen LogP contribution in [0.2, 0.25) is 0 Å². The molecule has 0 bridgehead atoms. The summed E-state index contributed by atoms with van der Waals surface area (Å²) in [4.78, 5) is 0. The van der Waals surface area contributed by atoms with Crippen LogP contribution in [-0.2, 0) is 0 Å². The number of nitrogens with one attached hydrogen (secondary N) is 1. The largest absolute Gasteiger partial charge is 0.393 e. The summed E-state index contributed by atoms with van der Waals surface area (Å²) in [6.45, 7) is 0. The molecule has 0 spiro atoms. The van der Waals surface area contributed by atoms with Gasteiger partial charge in [-0.05, 0) is 38.5 Å². The summed E-state index contributed by atoms with van der Waals surface area (Å²) >= 11 is 0. The first kappa shape index (κ1) is 12.2. The van der Waals surface area contributed by atoms with E-state index in [1.54, 1.807) is 0 Å². The van der Waals surface area contributed by atoms with Gasteiger partial charge in [0.15, 0.2) is 0 Å². The fraction of sp³-hybridized carbons (Fsp3) is 1.00. The molecule has 2 N–H and O–H groups in total. The molecule has 0 amide bonds. The molecular weight excluding hydrogens is 212 g/mol. The molecule has 4 heteroatoms. The molecule has 2 fully saturated rings. The van der Waals surface area contributed by atoms with Crippen LogP contribution in [0.15, 0.2) is 0 Å². The van der Waals surface area contributed by atoms with Gasteiger partial charge in [-0.3, -0.25) is 0 Å². The third-order valence-electron chi connectivity index (χ3n) is 3.84. The van der Waals surface area contributed by atoms with Crippen LogP contribution in [0.1, 0.15) is 51.4 Å². The zero-order valence-corrected chi connectivity index (χ0v) is 9.59. The van der Waals surface area contributed by atoms with Gasteiger partial charge in [-0.15, -0.1) is 0 Å². The van der Waals surface area contributed by atoms with E-state index in [4.69, 9.17) is 0 Å². The van der Waals surface area contributed by atoms with Crippen molar-refractivity contribution in [3.05, 3.63) is 0 Å². The highest BCUT2D eigenvalue weighted by Crippen LogP contribution is 2.33. The second-order valence-electron chi connectivity index (χ2n) is 5.31. The Hall–Kier alpha value is -0.220. The lowest BCUT2D eigenvalue weighted by Crippen LogP contribution is -2.45. The van der Waals surface area contributed by atoms with Crippen molar-refractivity contribution < 1.29 is 13.9 Å². The number of hydrogen-bond acceptors (Lipinski definition) is 2. The third-order valence-corrected chi connectivity index (χ3v) is 3.84. The number of hydrogen-bond donors (Lipinski definition) is 2. The maximum absolute atomic E-state index is 13.0. The molecule has 0 heterocycles. The molecule has 0 aromatic carbocycles. The van der Waals surface area contributed by atoms with E-state index in [-0.39, 0.29) is 25.0 Å². The van der Waals surface area contributed by atoms with Crippen LogP contribution in [0.3, 0.4) is 0 Å². The molecule has 2 atom stereocenters. The zero-order chi connectivity index (χ0) is 11.6. The third kappa shape index (κ3) is 3.39. The van der Waals surface area contributed by atoms with Crippen LogP contribution < -0.4 is 5.32 Å². The summed E-state index contributed by atoms with van der Waals surface area (Å²) in [5, 5.41) is 13.0.